The molecule has 1 fully saturated rings. The third-order valence-electron chi connectivity index (χ3n) is 8.76. The topological polar surface area (TPSA) is 29.5 Å². The van der Waals surface area contributed by atoms with Gasteiger partial charge in [-0.25, -0.2) is 0 Å². The van der Waals surface area contributed by atoms with Crippen LogP contribution in [0.15, 0.2) is 47.4 Å². The number of phenols is 1. The Kier molecular flexibility index (Phi) is 5.22. The highest BCUT2D eigenvalue weighted by Crippen LogP contribution is 2.60. The van der Waals surface area contributed by atoms with Gasteiger partial charge in [0.1, 0.15) is 11.5 Å². The van der Waals surface area contributed by atoms with Crippen molar-refractivity contribution >= 4 is 22.5 Å². The average molecular weight is 473 g/mol. The van der Waals surface area contributed by atoms with Crippen molar-refractivity contribution < 1.29 is 9.84 Å². The fourth-order valence-corrected chi connectivity index (χ4v) is 8.38. The van der Waals surface area contributed by atoms with E-state index in [1.54, 1.807) is 0 Å². The van der Waals surface area contributed by atoms with E-state index in [0.717, 1.165) is 21.4 Å². The molecular weight excluding hydrogens is 436 g/mol. The first-order valence-corrected chi connectivity index (χ1v) is 14.0. The van der Waals surface area contributed by atoms with Crippen molar-refractivity contribution in [2.45, 2.75) is 87.9 Å². The molecule has 0 unspecified atom stereocenters. The van der Waals surface area contributed by atoms with E-state index in [9.17, 15) is 5.11 Å². The van der Waals surface area contributed by atoms with Gasteiger partial charge in [0.15, 0.2) is 4.93 Å². The predicted octanol–water partition coefficient (Wildman–Crippen LogP) is 9.05. The lowest BCUT2D eigenvalue weighted by Gasteiger charge is -2.35. The molecule has 6 rings (SSSR count). The van der Waals surface area contributed by atoms with Crippen LogP contribution in [0.1, 0.15) is 83.8 Å². The Bertz CT molecular complexity index is 1260. The largest absolute Gasteiger partial charge is 0.507 e. The Morgan fingerprint density at radius 3 is 2.21 bits per heavy atom. The fourth-order valence-electron chi connectivity index (χ4n) is 7.05. The number of aromatic hydroxyl groups is 1. The number of ether oxygens (including phenoxy) is 1. The van der Waals surface area contributed by atoms with Gasteiger partial charge in [0.05, 0.1) is 4.90 Å². The summed E-state index contributed by atoms with van der Waals surface area (Å²) in [5, 5.41) is 13.5. The summed E-state index contributed by atoms with van der Waals surface area (Å²) in [4.78, 5) is 0.883. The summed E-state index contributed by atoms with van der Waals surface area (Å²) in [6.07, 6.45) is 8.81. The number of phenolic OH excluding ortho intramolecular Hbond substituents is 1. The van der Waals surface area contributed by atoms with E-state index < -0.39 is 0 Å². The second-order valence-electron chi connectivity index (χ2n) is 11.3. The van der Waals surface area contributed by atoms with Crippen LogP contribution in [-0.4, -0.2) is 10.0 Å². The van der Waals surface area contributed by atoms with Gasteiger partial charge in [-0.3, -0.25) is 0 Å². The van der Waals surface area contributed by atoms with E-state index in [1.165, 1.54) is 67.2 Å². The van der Waals surface area contributed by atoms with Crippen LogP contribution in [0, 0.1) is 11.8 Å². The molecule has 0 amide bonds. The van der Waals surface area contributed by atoms with Crippen molar-refractivity contribution in [3.05, 3.63) is 53.6 Å². The molecule has 1 aliphatic heterocycles. The van der Waals surface area contributed by atoms with E-state index >= 15 is 0 Å². The molecule has 0 saturated heterocycles. The third kappa shape index (κ3) is 3.02. The van der Waals surface area contributed by atoms with Crippen LogP contribution >= 0.6 is 11.8 Å². The highest BCUT2D eigenvalue weighted by Gasteiger charge is 2.47. The summed E-state index contributed by atoms with van der Waals surface area (Å²) in [7, 11) is 0. The Hall–Kier alpha value is -2.13. The number of hydrogen-bond donors (Lipinski definition) is 1. The van der Waals surface area contributed by atoms with Crippen LogP contribution in [0.4, 0.5) is 0 Å². The van der Waals surface area contributed by atoms with Crippen molar-refractivity contribution in [3.8, 4) is 22.6 Å². The van der Waals surface area contributed by atoms with Crippen molar-refractivity contribution in [2.75, 3.05) is 0 Å². The summed E-state index contributed by atoms with van der Waals surface area (Å²) >= 11 is 1.84. The first-order chi connectivity index (χ1) is 16.4. The molecule has 0 radical (unpaired) electrons. The second-order valence-corrected chi connectivity index (χ2v) is 12.6. The summed E-state index contributed by atoms with van der Waals surface area (Å²) < 4.78 is 6.77. The minimum atomic E-state index is -0.267. The van der Waals surface area contributed by atoms with Gasteiger partial charge in [0, 0.05) is 22.6 Å². The number of benzene rings is 3. The Balaban J connectivity index is 1.60. The summed E-state index contributed by atoms with van der Waals surface area (Å²) in [5.74, 6) is 2.15. The van der Waals surface area contributed by atoms with Crippen molar-refractivity contribution in [3.63, 3.8) is 0 Å². The third-order valence-corrected chi connectivity index (χ3v) is 10.6. The highest BCUT2D eigenvalue weighted by atomic mass is 32.2. The first-order valence-electron chi connectivity index (χ1n) is 13.2. The molecule has 3 aromatic carbocycles. The second kappa shape index (κ2) is 7.95. The first kappa shape index (κ1) is 22.3. The van der Waals surface area contributed by atoms with Gasteiger partial charge in [-0.05, 0) is 58.7 Å². The zero-order chi connectivity index (χ0) is 23.7. The van der Waals surface area contributed by atoms with Crippen molar-refractivity contribution in [2.24, 2.45) is 11.8 Å². The van der Waals surface area contributed by atoms with Crippen molar-refractivity contribution in [1.29, 1.82) is 0 Å². The van der Waals surface area contributed by atoms with Crippen LogP contribution in [0.2, 0.25) is 0 Å². The number of fused-ring (bicyclic) bond motifs is 8. The maximum atomic E-state index is 11.4. The summed E-state index contributed by atoms with van der Waals surface area (Å²) in [5.41, 5.74) is 5.50. The molecule has 0 bridgehead atoms. The molecule has 2 nitrogen and oxygen atoms in total. The Morgan fingerprint density at radius 2 is 1.50 bits per heavy atom. The van der Waals surface area contributed by atoms with E-state index in [0.29, 0.717) is 17.6 Å². The van der Waals surface area contributed by atoms with Gasteiger partial charge in [-0.15, -0.1) is 0 Å². The molecule has 3 aliphatic rings. The lowest BCUT2D eigenvalue weighted by Crippen LogP contribution is -2.40. The predicted molar refractivity (Wildman–Crippen MR) is 143 cm³/mol. The minimum Gasteiger partial charge on any atom is -0.507 e. The van der Waals surface area contributed by atoms with Crippen LogP contribution < -0.4 is 4.74 Å². The highest BCUT2D eigenvalue weighted by molar-refractivity contribution is 8.01. The smallest absolute Gasteiger partial charge is 0.163 e. The fraction of sp³-hybridized carbons (Fsp3) is 0.484. The standard InChI is InChI=1S/C31H36O2S/c1-19(2)31(20(3)4)33-27-16-23-22(17-28(27)34-31)26(32)18-25-29(23)21-12-8-9-13-24(21)30(25)14-10-6-5-7-11-15-30/h8-9,12-13,16-20,32H,5-7,10-11,14-15H2,1-4H3. The van der Waals surface area contributed by atoms with Gasteiger partial charge >= 0.3 is 0 Å². The zero-order valence-electron chi connectivity index (χ0n) is 20.9. The average Bonchev–Trinajstić information content (AvgIpc) is 3.30. The monoisotopic (exact) mass is 472 g/mol. The molecule has 178 valence electrons. The normalized spacial score (nSPS) is 20.2. The maximum absolute atomic E-state index is 11.4. The van der Waals surface area contributed by atoms with Gasteiger partial charge in [-0.1, -0.05) is 95.8 Å². The molecule has 3 aromatic rings. The zero-order valence-corrected chi connectivity index (χ0v) is 21.7. The molecule has 1 spiro atoms. The summed E-state index contributed by atoms with van der Waals surface area (Å²) in [6.45, 7) is 9.01. The molecule has 1 N–H and O–H groups in total. The van der Waals surface area contributed by atoms with Crippen LogP contribution in [0.3, 0.4) is 0 Å². The molecule has 3 heteroatoms. The molecule has 1 saturated carbocycles. The molecule has 2 aliphatic carbocycles. The van der Waals surface area contributed by atoms with E-state index in [4.69, 9.17) is 4.74 Å². The number of thioether (sulfide) groups is 1. The Labute approximate surface area is 208 Å². The Morgan fingerprint density at radius 1 is 0.824 bits per heavy atom. The summed E-state index contributed by atoms with van der Waals surface area (Å²) in [6, 6.07) is 15.6. The van der Waals surface area contributed by atoms with Gasteiger partial charge in [0.25, 0.3) is 0 Å². The minimum absolute atomic E-state index is 0.0201. The molecule has 34 heavy (non-hydrogen) atoms. The van der Waals surface area contributed by atoms with Gasteiger partial charge in [-0.2, -0.15) is 0 Å². The van der Waals surface area contributed by atoms with Crippen LogP contribution in [-0.2, 0) is 5.41 Å². The number of hydrogen-bond acceptors (Lipinski definition) is 3. The lowest BCUT2D eigenvalue weighted by atomic mass is 9.69. The molecular formula is C31H36O2S. The lowest BCUT2D eigenvalue weighted by molar-refractivity contribution is 0.0757. The van der Waals surface area contributed by atoms with Gasteiger partial charge < -0.3 is 9.84 Å². The van der Waals surface area contributed by atoms with E-state index in [2.05, 4.69) is 70.2 Å². The van der Waals surface area contributed by atoms with E-state index in [-0.39, 0.29) is 10.3 Å². The van der Waals surface area contributed by atoms with Crippen molar-refractivity contribution in [1.82, 2.24) is 0 Å². The quantitative estimate of drug-likeness (QED) is 0.403. The molecule has 1 heterocycles. The number of rotatable bonds is 2. The SMILES string of the molecule is CC(C)C1(C(C)C)Oc2cc3c4c(cc(O)c3cc2S1)C1(CCCCCCC1)c1ccccc1-4. The van der Waals surface area contributed by atoms with E-state index in [1.807, 2.05) is 11.8 Å². The maximum Gasteiger partial charge on any atom is 0.163 e. The van der Waals surface area contributed by atoms with Crippen LogP contribution in [0.25, 0.3) is 21.9 Å². The van der Waals surface area contributed by atoms with Crippen LogP contribution in [0.5, 0.6) is 11.5 Å². The molecule has 0 aromatic heterocycles. The molecule has 0 atom stereocenters. The van der Waals surface area contributed by atoms with Gasteiger partial charge in [0.2, 0.25) is 0 Å².